The van der Waals surface area contributed by atoms with Crippen molar-refractivity contribution in [2.45, 2.75) is 25.9 Å². The first-order valence-electron chi connectivity index (χ1n) is 8.41. The molecular weight excluding hydrogens is 399 g/mol. The Kier molecular flexibility index (Phi) is 6.17. The molecule has 1 aliphatic rings. The SMILES string of the molecule is C[n+]1cc(Cl)c(CC(=O)c2ccc(OC(F)F)c(OCC3CC3)c2)c(Cl)c1. The molecular formula is C19H18Cl2F2NO3+. The van der Waals surface area contributed by atoms with Crippen molar-refractivity contribution in [3.8, 4) is 11.5 Å². The van der Waals surface area contributed by atoms with Gasteiger partial charge in [-0.25, -0.2) is 4.57 Å². The summed E-state index contributed by atoms with van der Waals surface area (Å²) in [6.45, 7) is -2.57. The van der Waals surface area contributed by atoms with Crippen LogP contribution >= 0.6 is 23.2 Å². The molecule has 0 unspecified atom stereocenters. The number of hydrogen-bond donors (Lipinski definition) is 0. The first kappa shape index (κ1) is 19.8. The monoisotopic (exact) mass is 416 g/mol. The second-order valence-corrected chi connectivity index (χ2v) is 7.31. The highest BCUT2D eigenvalue weighted by atomic mass is 35.5. The third-order valence-electron chi connectivity index (χ3n) is 4.20. The van der Waals surface area contributed by atoms with Crippen LogP contribution in [-0.4, -0.2) is 19.0 Å². The Morgan fingerprint density at radius 2 is 1.89 bits per heavy atom. The fraction of sp³-hybridized carbons (Fsp3) is 0.368. The van der Waals surface area contributed by atoms with Crippen LogP contribution in [0.15, 0.2) is 30.6 Å². The molecule has 144 valence electrons. The molecule has 0 bridgehead atoms. The predicted octanol–water partition coefficient (Wildman–Crippen LogP) is 4.63. The molecule has 4 nitrogen and oxygen atoms in total. The van der Waals surface area contributed by atoms with Crippen LogP contribution in [0, 0.1) is 5.92 Å². The van der Waals surface area contributed by atoms with Gasteiger partial charge in [-0.15, -0.1) is 0 Å². The Morgan fingerprint density at radius 1 is 1.22 bits per heavy atom. The van der Waals surface area contributed by atoms with E-state index in [-0.39, 0.29) is 23.7 Å². The highest BCUT2D eigenvalue weighted by Crippen LogP contribution is 2.34. The number of Topliss-reactive ketones (excluding diaryl/α,β-unsaturated/α-hetero) is 1. The van der Waals surface area contributed by atoms with Crippen LogP contribution < -0.4 is 14.0 Å². The summed E-state index contributed by atoms with van der Waals surface area (Å²) in [5.41, 5.74) is 0.817. The fourth-order valence-electron chi connectivity index (χ4n) is 2.58. The minimum atomic E-state index is -2.97. The van der Waals surface area contributed by atoms with Crippen LogP contribution in [0.5, 0.6) is 11.5 Å². The lowest BCUT2D eigenvalue weighted by Gasteiger charge is -2.13. The minimum absolute atomic E-state index is 0.0182. The first-order valence-corrected chi connectivity index (χ1v) is 9.17. The average molecular weight is 417 g/mol. The van der Waals surface area contributed by atoms with E-state index in [0.717, 1.165) is 12.8 Å². The summed E-state index contributed by atoms with van der Waals surface area (Å²) in [4.78, 5) is 12.7. The lowest BCUT2D eigenvalue weighted by molar-refractivity contribution is -0.671. The molecule has 0 amide bonds. The Morgan fingerprint density at radius 3 is 2.48 bits per heavy atom. The molecule has 1 aromatic carbocycles. The van der Waals surface area contributed by atoms with Crippen molar-refractivity contribution in [1.82, 2.24) is 0 Å². The quantitative estimate of drug-likeness (QED) is 0.465. The number of halogens is 4. The normalized spacial score (nSPS) is 13.7. The number of rotatable bonds is 8. The summed E-state index contributed by atoms with van der Waals surface area (Å²) in [5, 5.41) is 0.752. The van der Waals surface area contributed by atoms with E-state index in [1.807, 2.05) is 0 Å². The highest BCUT2D eigenvalue weighted by molar-refractivity contribution is 6.36. The van der Waals surface area contributed by atoms with Gasteiger partial charge in [0.25, 0.3) is 0 Å². The molecule has 0 atom stereocenters. The van der Waals surface area contributed by atoms with E-state index in [2.05, 4.69) is 4.74 Å². The molecule has 0 saturated heterocycles. The number of ether oxygens (including phenoxy) is 2. The van der Waals surface area contributed by atoms with Crippen molar-refractivity contribution in [1.29, 1.82) is 0 Å². The van der Waals surface area contributed by atoms with Gasteiger partial charge in [-0.05, 0) is 37.0 Å². The molecule has 1 aliphatic carbocycles. The number of aryl methyl sites for hydroxylation is 1. The van der Waals surface area contributed by atoms with E-state index < -0.39 is 6.61 Å². The summed E-state index contributed by atoms with van der Waals surface area (Å²) in [6.07, 6.45) is 5.38. The van der Waals surface area contributed by atoms with Crippen LogP contribution in [0.4, 0.5) is 8.78 Å². The van der Waals surface area contributed by atoms with Crippen molar-refractivity contribution in [3.63, 3.8) is 0 Å². The van der Waals surface area contributed by atoms with Crippen molar-refractivity contribution >= 4 is 29.0 Å². The number of hydrogen-bond acceptors (Lipinski definition) is 3. The van der Waals surface area contributed by atoms with Gasteiger partial charge in [-0.3, -0.25) is 4.79 Å². The van der Waals surface area contributed by atoms with E-state index in [1.165, 1.54) is 18.2 Å². The average Bonchev–Trinajstić information content (AvgIpc) is 3.40. The molecule has 1 saturated carbocycles. The van der Waals surface area contributed by atoms with Crippen LogP contribution in [0.1, 0.15) is 28.8 Å². The third kappa shape index (κ3) is 5.30. The van der Waals surface area contributed by atoms with E-state index in [1.54, 1.807) is 24.0 Å². The second-order valence-electron chi connectivity index (χ2n) is 6.49. The van der Waals surface area contributed by atoms with Crippen molar-refractivity contribution in [2.24, 2.45) is 13.0 Å². The number of benzene rings is 1. The number of alkyl halides is 2. The summed E-state index contributed by atoms with van der Waals surface area (Å²) >= 11 is 12.4. The van der Waals surface area contributed by atoms with E-state index in [9.17, 15) is 13.6 Å². The van der Waals surface area contributed by atoms with Gasteiger partial charge in [0.15, 0.2) is 29.7 Å². The maximum Gasteiger partial charge on any atom is 0.387 e. The standard InChI is InChI=1S/C19H18Cl2F2NO3/c1-24-8-14(20)13(15(21)9-24)7-16(25)12-4-5-17(27-19(22)23)18(6-12)26-10-11-2-3-11/h4-6,8-9,11,19H,2-3,7,10H2,1H3/q+1. The molecule has 3 rings (SSSR count). The molecule has 0 aliphatic heterocycles. The number of carbonyl (C=O) groups is 1. The summed E-state index contributed by atoms with van der Waals surface area (Å²) in [6, 6.07) is 4.16. The van der Waals surface area contributed by atoms with Gasteiger partial charge in [-0.1, -0.05) is 23.2 Å². The smallest absolute Gasteiger partial charge is 0.387 e. The number of pyridine rings is 1. The van der Waals surface area contributed by atoms with Crippen LogP contribution in [0.25, 0.3) is 0 Å². The van der Waals surface area contributed by atoms with E-state index in [4.69, 9.17) is 27.9 Å². The topological polar surface area (TPSA) is 39.4 Å². The fourth-order valence-corrected chi connectivity index (χ4v) is 3.27. The van der Waals surface area contributed by atoms with Crippen LogP contribution in [-0.2, 0) is 13.5 Å². The van der Waals surface area contributed by atoms with Gasteiger partial charge >= 0.3 is 6.61 Å². The zero-order chi connectivity index (χ0) is 19.6. The number of nitrogens with zero attached hydrogens (tertiary/aromatic N) is 1. The van der Waals surface area contributed by atoms with Gasteiger partial charge in [0.1, 0.15) is 17.1 Å². The zero-order valence-electron chi connectivity index (χ0n) is 14.6. The summed E-state index contributed by atoms with van der Waals surface area (Å²) in [7, 11) is 1.77. The highest BCUT2D eigenvalue weighted by Gasteiger charge is 2.24. The van der Waals surface area contributed by atoms with Crippen molar-refractivity contribution in [2.75, 3.05) is 6.61 Å². The molecule has 1 fully saturated rings. The van der Waals surface area contributed by atoms with Crippen LogP contribution in [0.2, 0.25) is 10.0 Å². The second kappa shape index (κ2) is 8.40. The molecule has 8 heteroatoms. The molecule has 1 aromatic heterocycles. The first-order chi connectivity index (χ1) is 12.8. The zero-order valence-corrected chi connectivity index (χ0v) is 16.1. The number of carbonyl (C=O) groups excluding carboxylic acids is 1. The Hall–Kier alpha value is -1.92. The van der Waals surface area contributed by atoms with E-state index in [0.29, 0.717) is 33.7 Å². The number of ketones is 1. The largest absolute Gasteiger partial charge is 0.489 e. The lowest BCUT2D eigenvalue weighted by Crippen LogP contribution is -2.27. The Bertz CT molecular complexity index is 834. The van der Waals surface area contributed by atoms with Crippen molar-refractivity contribution < 1.29 is 27.6 Å². The number of aromatic nitrogens is 1. The minimum Gasteiger partial charge on any atom is -0.489 e. The third-order valence-corrected chi connectivity index (χ3v) is 4.85. The van der Waals surface area contributed by atoms with E-state index >= 15 is 0 Å². The van der Waals surface area contributed by atoms with Crippen LogP contribution in [0.3, 0.4) is 0 Å². The maximum atomic E-state index is 12.7. The van der Waals surface area contributed by atoms with Gasteiger partial charge in [0.2, 0.25) is 0 Å². The molecule has 2 aromatic rings. The summed E-state index contributed by atoms with van der Waals surface area (Å²) < 4.78 is 37.0. The Balaban J connectivity index is 1.82. The Labute approximate surface area is 165 Å². The van der Waals surface area contributed by atoms with Gasteiger partial charge in [-0.2, -0.15) is 8.78 Å². The van der Waals surface area contributed by atoms with Gasteiger partial charge < -0.3 is 9.47 Å². The molecule has 1 heterocycles. The molecule has 0 spiro atoms. The van der Waals surface area contributed by atoms with Crippen molar-refractivity contribution in [3.05, 3.63) is 51.8 Å². The predicted molar refractivity (Wildman–Crippen MR) is 97.0 cm³/mol. The van der Waals surface area contributed by atoms with Gasteiger partial charge in [0.05, 0.1) is 6.61 Å². The molecule has 27 heavy (non-hydrogen) atoms. The molecule has 0 N–H and O–H groups in total. The lowest BCUT2D eigenvalue weighted by atomic mass is 10.0. The van der Waals surface area contributed by atoms with Gasteiger partial charge in [0, 0.05) is 17.5 Å². The maximum absolute atomic E-state index is 12.7. The molecule has 0 radical (unpaired) electrons. The summed E-state index contributed by atoms with van der Waals surface area (Å²) in [5.74, 6) is 0.202.